The number of carbonyl (C=O) groups is 1. The van der Waals surface area contributed by atoms with E-state index in [-0.39, 0.29) is 16.8 Å². The van der Waals surface area contributed by atoms with Crippen LogP contribution in [-0.4, -0.2) is 31.4 Å². The third kappa shape index (κ3) is 5.82. The predicted octanol–water partition coefficient (Wildman–Crippen LogP) is 4.76. The molecule has 1 aliphatic carbocycles. The van der Waals surface area contributed by atoms with Crippen LogP contribution >= 0.6 is 23.4 Å². The Kier molecular flexibility index (Phi) is 7.91. The molecule has 8 heteroatoms. The maximum atomic E-state index is 12.3. The average Bonchev–Trinajstić information content (AvgIpc) is 3.09. The number of carbonyl (C=O) groups excluding carboxylic acids is 1. The first-order chi connectivity index (χ1) is 13.7. The lowest BCUT2D eigenvalue weighted by Gasteiger charge is -2.21. The van der Waals surface area contributed by atoms with Crippen LogP contribution < -0.4 is 5.32 Å². The van der Waals surface area contributed by atoms with E-state index in [1.807, 2.05) is 6.08 Å². The minimum Gasteiger partial charge on any atom is -0.323 e. The molecule has 1 fully saturated rings. The van der Waals surface area contributed by atoms with Crippen molar-refractivity contribution in [1.82, 2.24) is 19.7 Å². The molecule has 6 nitrogen and oxygen atoms in total. The first-order valence-electron chi connectivity index (χ1n) is 9.73. The van der Waals surface area contributed by atoms with Crippen molar-refractivity contribution in [2.75, 3.05) is 11.1 Å². The number of hydrogen-bond acceptors (Lipinski definition) is 5. The Balaban J connectivity index is 1.56. The topological polar surface area (TPSA) is 72.7 Å². The fourth-order valence-corrected chi connectivity index (χ4v) is 4.46. The molecule has 2 aromatic heterocycles. The molecule has 28 heavy (non-hydrogen) atoms. The molecule has 0 spiro atoms. The summed E-state index contributed by atoms with van der Waals surface area (Å²) in [6.45, 7) is 4.49. The Morgan fingerprint density at radius 3 is 2.93 bits per heavy atom. The molecule has 0 radical (unpaired) electrons. The lowest BCUT2D eigenvalue weighted by atomic mass is 9.86. The second kappa shape index (κ2) is 10.6. The lowest BCUT2D eigenvalue weighted by molar-refractivity contribution is -0.113. The SMILES string of the molecule is C=CCn1c(CCC2CCCCC2)nnc1SCC(=O)Nc1cccnc1Cl. The standard InChI is InChI=1S/C20H26ClN5OS/c1-2-13-26-17(11-10-15-7-4-3-5-8-15)24-25-20(26)28-14-18(27)23-16-9-6-12-22-19(16)21/h2,6,9,12,15H,1,3-5,7-8,10-11,13-14H2,(H,23,27). The summed E-state index contributed by atoms with van der Waals surface area (Å²) in [7, 11) is 0. The summed E-state index contributed by atoms with van der Waals surface area (Å²) in [6.07, 6.45) is 12.2. The zero-order valence-corrected chi connectivity index (χ0v) is 17.5. The number of aryl methyl sites for hydroxylation is 1. The summed E-state index contributed by atoms with van der Waals surface area (Å²) in [5.41, 5.74) is 0.510. The normalized spacial score (nSPS) is 14.8. The molecule has 0 atom stereocenters. The Bertz CT molecular complexity index is 804. The molecule has 0 unspecified atom stereocenters. The molecule has 0 bridgehead atoms. The molecule has 0 saturated heterocycles. The van der Waals surface area contributed by atoms with Crippen LogP contribution in [-0.2, 0) is 17.8 Å². The third-order valence-electron chi connectivity index (χ3n) is 4.97. The maximum Gasteiger partial charge on any atom is 0.234 e. The van der Waals surface area contributed by atoms with Crippen LogP contribution in [0.2, 0.25) is 5.15 Å². The van der Waals surface area contributed by atoms with Gasteiger partial charge in [-0.3, -0.25) is 4.79 Å². The van der Waals surface area contributed by atoms with E-state index in [0.717, 1.165) is 29.7 Å². The van der Waals surface area contributed by atoms with Gasteiger partial charge in [-0.25, -0.2) is 4.98 Å². The third-order valence-corrected chi connectivity index (χ3v) is 6.24. The fourth-order valence-electron chi connectivity index (χ4n) is 3.53. The first-order valence-corrected chi connectivity index (χ1v) is 11.1. The van der Waals surface area contributed by atoms with Crippen LogP contribution in [0.3, 0.4) is 0 Å². The fraction of sp³-hybridized carbons (Fsp3) is 0.500. The molecule has 3 rings (SSSR count). The van der Waals surface area contributed by atoms with Crippen LogP contribution in [0.25, 0.3) is 0 Å². The van der Waals surface area contributed by atoms with Crippen LogP contribution in [0, 0.1) is 5.92 Å². The van der Waals surface area contributed by atoms with Gasteiger partial charge >= 0.3 is 0 Å². The highest BCUT2D eigenvalue weighted by atomic mass is 35.5. The van der Waals surface area contributed by atoms with Gasteiger partial charge in [-0.2, -0.15) is 0 Å². The molecular formula is C20H26ClN5OS. The molecule has 2 aromatic rings. The van der Waals surface area contributed by atoms with Crippen molar-refractivity contribution in [3.8, 4) is 0 Å². The number of nitrogens with zero attached hydrogens (tertiary/aromatic N) is 4. The van der Waals surface area contributed by atoms with Gasteiger partial charge in [0.15, 0.2) is 10.3 Å². The van der Waals surface area contributed by atoms with Crippen molar-refractivity contribution in [3.05, 3.63) is 42.0 Å². The van der Waals surface area contributed by atoms with Crippen LogP contribution in [0.5, 0.6) is 0 Å². The van der Waals surface area contributed by atoms with E-state index < -0.39 is 0 Å². The molecule has 150 valence electrons. The molecule has 0 aliphatic heterocycles. The number of halogens is 1. The van der Waals surface area contributed by atoms with Crippen LogP contribution in [0.15, 0.2) is 36.1 Å². The number of amides is 1. The second-order valence-electron chi connectivity index (χ2n) is 7.02. The largest absolute Gasteiger partial charge is 0.323 e. The maximum absolute atomic E-state index is 12.3. The van der Waals surface area contributed by atoms with E-state index in [1.54, 1.807) is 18.3 Å². The predicted molar refractivity (Wildman–Crippen MR) is 114 cm³/mol. The number of anilines is 1. The minimum absolute atomic E-state index is 0.156. The highest BCUT2D eigenvalue weighted by Crippen LogP contribution is 2.28. The number of thioether (sulfide) groups is 1. The van der Waals surface area contributed by atoms with Crippen LogP contribution in [0.1, 0.15) is 44.3 Å². The Morgan fingerprint density at radius 2 is 2.18 bits per heavy atom. The van der Waals surface area contributed by atoms with Gasteiger partial charge in [0, 0.05) is 19.2 Å². The molecule has 1 N–H and O–H groups in total. The zero-order chi connectivity index (χ0) is 19.8. The summed E-state index contributed by atoms with van der Waals surface area (Å²) >= 11 is 7.35. The van der Waals surface area contributed by atoms with Crippen LogP contribution in [0.4, 0.5) is 5.69 Å². The van der Waals surface area contributed by atoms with Gasteiger partial charge in [-0.05, 0) is 24.5 Å². The van der Waals surface area contributed by atoms with Crippen molar-refractivity contribution < 1.29 is 4.79 Å². The van der Waals surface area contributed by atoms with Gasteiger partial charge in [0.1, 0.15) is 5.82 Å². The number of rotatable bonds is 9. The zero-order valence-electron chi connectivity index (χ0n) is 15.9. The summed E-state index contributed by atoms with van der Waals surface area (Å²) in [5, 5.41) is 12.5. The Hall–Kier alpha value is -1.86. The molecule has 2 heterocycles. The molecule has 1 saturated carbocycles. The summed E-state index contributed by atoms with van der Waals surface area (Å²) in [4.78, 5) is 16.2. The monoisotopic (exact) mass is 419 g/mol. The van der Waals surface area contributed by atoms with E-state index in [1.165, 1.54) is 43.9 Å². The number of nitrogens with one attached hydrogen (secondary N) is 1. The van der Waals surface area contributed by atoms with Gasteiger partial charge in [0.2, 0.25) is 5.91 Å². The van der Waals surface area contributed by atoms with Gasteiger partial charge in [0.25, 0.3) is 0 Å². The molecule has 0 aromatic carbocycles. The van der Waals surface area contributed by atoms with E-state index >= 15 is 0 Å². The highest BCUT2D eigenvalue weighted by Gasteiger charge is 2.17. The van der Waals surface area contributed by atoms with Crippen molar-refractivity contribution in [1.29, 1.82) is 0 Å². The van der Waals surface area contributed by atoms with Gasteiger partial charge < -0.3 is 9.88 Å². The molecular weight excluding hydrogens is 394 g/mol. The van der Waals surface area contributed by atoms with E-state index in [4.69, 9.17) is 11.6 Å². The summed E-state index contributed by atoms with van der Waals surface area (Å²) in [6, 6.07) is 3.45. The number of allylic oxidation sites excluding steroid dienone is 1. The number of hydrogen-bond donors (Lipinski definition) is 1. The summed E-state index contributed by atoms with van der Waals surface area (Å²) < 4.78 is 2.06. The summed E-state index contributed by atoms with van der Waals surface area (Å²) in [5.74, 6) is 1.84. The highest BCUT2D eigenvalue weighted by molar-refractivity contribution is 7.99. The van der Waals surface area contributed by atoms with Gasteiger partial charge in [0.05, 0.1) is 11.4 Å². The van der Waals surface area contributed by atoms with Gasteiger partial charge in [-0.15, -0.1) is 16.8 Å². The average molecular weight is 420 g/mol. The number of aromatic nitrogens is 4. The van der Waals surface area contributed by atoms with Crippen molar-refractivity contribution in [2.24, 2.45) is 5.92 Å². The second-order valence-corrected chi connectivity index (χ2v) is 8.32. The van der Waals surface area contributed by atoms with E-state index in [2.05, 4.69) is 31.6 Å². The lowest BCUT2D eigenvalue weighted by Crippen LogP contribution is -2.15. The van der Waals surface area contributed by atoms with Crippen molar-refractivity contribution >= 4 is 35.0 Å². The van der Waals surface area contributed by atoms with E-state index in [0.29, 0.717) is 12.2 Å². The van der Waals surface area contributed by atoms with Gasteiger partial charge in [-0.1, -0.05) is 61.5 Å². The van der Waals surface area contributed by atoms with Crippen molar-refractivity contribution in [2.45, 2.75) is 56.6 Å². The molecule has 1 amide bonds. The Morgan fingerprint density at radius 1 is 1.36 bits per heavy atom. The van der Waals surface area contributed by atoms with E-state index in [9.17, 15) is 4.79 Å². The number of pyridine rings is 1. The Labute approximate surface area is 175 Å². The first kappa shape index (κ1) is 20.9. The van der Waals surface area contributed by atoms with Crippen molar-refractivity contribution in [3.63, 3.8) is 0 Å². The smallest absolute Gasteiger partial charge is 0.234 e. The molecule has 1 aliphatic rings. The quantitative estimate of drug-likeness (QED) is 0.360. The minimum atomic E-state index is -0.156.